The number of nitrogens with two attached hydrogens (primary N) is 1. The summed E-state index contributed by atoms with van der Waals surface area (Å²) in [5.41, 5.74) is 8.27. The van der Waals surface area contributed by atoms with Gasteiger partial charge >= 0.3 is 0 Å². The van der Waals surface area contributed by atoms with E-state index in [-0.39, 0.29) is 18.4 Å². The second-order valence-corrected chi connectivity index (χ2v) is 3.81. The van der Waals surface area contributed by atoms with Crippen molar-refractivity contribution in [2.24, 2.45) is 5.73 Å². The number of hydrogen-bond donors (Lipinski definition) is 1. The Hall–Kier alpha value is -0.240. The molecule has 0 heterocycles. The molecule has 3 heteroatoms. The van der Waals surface area contributed by atoms with Crippen LogP contribution in [0.2, 0.25) is 5.02 Å². The van der Waals surface area contributed by atoms with E-state index < -0.39 is 0 Å². The van der Waals surface area contributed by atoms with Crippen LogP contribution >= 0.6 is 24.0 Å². The minimum Gasteiger partial charge on any atom is -0.324 e. The molecule has 1 rings (SSSR count). The van der Waals surface area contributed by atoms with E-state index >= 15 is 0 Å². The maximum absolute atomic E-state index is 5.98. The molecule has 1 aromatic rings. The second-order valence-electron chi connectivity index (χ2n) is 3.40. The van der Waals surface area contributed by atoms with Crippen LogP contribution in [0, 0.1) is 6.92 Å². The van der Waals surface area contributed by atoms with Crippen molar-refractivity contribution in [1.82, 2.24) is 0 Å². The van der Waals surface area contributed by atoms with Gasteiger partial charge < -0.3 is 5.73 Å². The molecule has 0 spiro atoms. The Bertz CT molecular complexity index is 287. The molecule has 0 saturated heterocycles. The molecule has 0 amide bonds. The summed E-state index contributed by atoms with van der Waals surface area (Å²) in [4.78, 5) is 0. The minimum absolute atomic E-state index is 0. The highest BCUT2D eigenvalue weighted by Gasteiger charge is 2.05. The van der Waals surface area contributed by atoms with Crippen LogP contribution in [0.25, 0.3) is 0 Å². The molecule has 0 fully saturated rings. The largest absolute Gasteiger partial charge is 0.324 e. The maximum atomic E-state index is 5.98. The number of aryl methyl sites for hydroxylation is 1. The van der Waals surface area contributed by atoms with Crippen molar-refractivity contribution in [3.05, 3.63) is 34.3 Å². The summed E-state index contributed by atoms with van der Waals surface area (Å²) >= 11 is 5.92. The van der Waals surface area contributed by atoms with Gasteiger partial charge in [-0.15, -0.1) is 12.4 Å². The molecule has 0 aliphatic rings. The summed E-state index contributed by atoms with van der Waals surface area (Å²) in [6.07, 6.45) is 2.14. The standard InChI is InChI=1S/C11H16ClN.ClH/c1-3-4-11(13)9-5-6-10(12)8(2)7-9;/h5-7,11H,3-4,13H2,1-2H3;1H/t11-;/m1./s1. The first-order valence-corrected chi connectivity index (χ1v) is 5.04. The van der Waals surface area contributed by atoms with Crippen LogP contribution in [0.5, 0.6) is 0 Å². The fraction of sp³-hybridized carbons (Fsp3) is 0.455. The molecule has 1 atom stereocenters. The van der Waals surface area contributed by atoms with Gasteiger partial charge in [-0.3, -0.25) is 0 Å². The molecule has 0 bridgehead atoms. The van der Waals surface area contributed by atoms with Gasteiger partial charge in [0.25, 0.3) is 0 Å². The Morgan fingerprint density at radius 1 is 1.43 bits per heavy atom. The van der Waals surface area contributed by atoms with E-state index in [1.54, 1.807) is 0 Å². The average molecular weight is 234 g/mol. The van der Waals surface area contributed by atoms with Crippen molar-refractivity contribution < 1.29 is 0 Å². The van der Waals surface area contributed by atoms with Gasteiger partial charge in [0.05, 0.1) is 0 Å². The zero-order valence-electron chi connectivity index (χ0n) is 8.59. The number of rotatable bonds is 3. The number of benzene rings is 1. The smallest absolute Gasteiger partial charge is 0.0435 e. The van der Waals surface area contributed by atoms with E-state index in [1.165, 1.54) is 5.56 Å². The molecule has 0 unspecified atom stereocenters. The van der Waals surface area contributed by atoms with E-state index in [0.717, 1.165) is 23.4 Å². The zero-order valence-corrected chi connectivity index (χ0v) is 10.2. The van der Waals surface area contributed by atoms with Crippen LogP contribution in [0.4, 0.5) is 0 Å². The third-order valence-corrected chi connectivity index (χ3v) is 2.63. The van der Waals surface area contributed by atoms with Gasteiger partial charge in [-0.05, 0) is 30.5 Å². The first-order valence-electron chi connectivity index (χ1n) is 4.66. The van der Waals surface area contributed by atoms with Gasteiger partial charge in [-0.25, -0.2) is 0 Å². The third-order valence-electron chi connectivity index (χ3n) is 2.21. The van der Waals surface area contributed by atoms with Crippen molar-refractivity contribution in [3.8, 4) is 0 Å². The highest BCUT2D eigenvalue weighted by molar-refractivity contribution is 6.31. The molecule has 2 N–H and O–H groups in total. The molecule has 0 aliphatic heterocycles. The van der Waals surface area contributed by atoms with Crippen LogP contribution in [0.1, 0.15) is 36.9 Å². The van der Waals surface area contributed by atoms with Crippen molar-refractivity contribution >= 4 is 24.0 Å². The lowest BCUT2D eigenvalue weighted by atomic mass is 10.0. The summed E-state index contributed by atoms with van der Waals surface area (Å²) in [7, 11) is 0. The Morgan fingerprint density at radius 2 is 2.07 bits per heavy atom. The number of halogens is 2. The molecule has 0 aliphatic carbocycles. The Morgan fingerprint density at radius 3 is 2.57 bits per heavy atom. The van der Waals surface area contributed by atoms with Gasteiger partial charge in [0, 0.05) is 11.1 Å². The third kappa shape index (κ3) is 3.49. The van der Waals surface area contributed by atoms with Crippen molar-refractivity contribution in [1.29, 1.82) is 0 Å². The zero-order chi connectivity index (χ0) is 9.84. The monoisotopic (exact) mass is 233 g/mol. The highest BCUT2D eigenvalue weighted by atomic mass is 35.5. The van der Waals surface area contributed by atoms with Crippen LogP contribution < -0.4 is 5.73 Å². The molecule has 80 valence electrons. The fourth-order valence-corrected chi connectivity index (χ4v) is 1.49. The molecule has 14 heavy (non-hydrogen) atoms. The lowest BCUT2D eigenvalue weighted by molar-refractivity contribution is 0.638. The van der Waals surface area contributed by atoms with E-state index in [1.807, 2.05) is 19.1 Å². The summed E-state index contributed by atoms with van der Waals surface area (Å²) in [5, 5.41) is 0.812. The average Bonchev–Trinajstić information content (AvgIpc) is 2.10. The van der Waals surface area contributed by atoms with Crippen LogP contribution in [0.15, 0.2) is 18.2 Å². The van der Waals surface area contributed by atoms with Crippen molar-refractivity contribution in [3.63, 3.8) is 0 Å². The lowest BCUT2D eigenvalue weighted by Crippen LogP contribution is -2.09. The van der Waals surface area contributed by atoms with Gasteiger partial charge in [0.2, 0.25) is 0 Å². The topological polar surface area (TPSA) is 26.0 Å². The number of hydrogen-bond acceptors (Lipinski definition) is 1. The highest BCUT2D eigenvalue weighted by Crippen LogP contribution is 2.21. The molecule has 0 radical (unpaired) electrons. The Kier molecular flexibility index (Phi) is 6.17. The molecule has 0 aromatic heterocycles. The first kappa shape index (κ1) is 13.8. The van der Waals surface area contributed by atoms with Crippen molar-refractivity contribution in [2.75, 3.05) is 0 Å². The predicted octanol–water partition coefficient (Wildman–Crippen LogP) is 3.87. The lowest BCUT2D eigenvalue weighted by Gasteiger charge is -2.11. The van der Waals surface area contributed by atoms with E-state index in [0.29, 0.717) is 0 Å². The molecular weight excluding hydrogens is 217 g/mol. The van der Waals surface area contributed by atoms with Crippen LogP contribution in [-0.4, -0.2) is 0 Å². The quantitative estimate of drug-likeness (QED) is 0.844. The summed E-state index contributed by atoms with van der Waals surface area (Å²) in [6.45, 7) is 4.15. The maximum Gasteiger partial charge on any atom is 0.0435 e. The first-order chi connectivity index (χ1) is 6.15. The second kappa shape index (κ2) is 6.28. The fourth-order valence-electron chi connectivity index (χ4n) is 1.38. The van der Waals surface area contributed by atoms with Gasteiger partial charge in [0.1, 0.15) is 0 Å². The van der Waals surface area contributed by atoms with E-state index in [9.17, 15) is 0 Å². The summed E-state index contributed by atoms with van der Waals surface area (Å²) in [5.74, 6) is 0. The molecule has 1 aromatic carbocycles. The van der Waals surface area contributed by atoms with Crippen LogP contribution in [0.3, 0.4) is 0 Å². The van der Waals surface area contributed by atoms with E-state index in [2.05, 4.69) is 13.0 Å². The Labute approximate surface area is 97.1 Å². The molecule has 1 nitrogen and oxygen atoms in total. The molecular formula is C11H17Cl2N. The van der Waals surface area contributed by atoms with Crippen LogP contribution in [-0.2, 0) is 0 Å². The van der Waals surface area contributed by atoms with Gasteiger partial charge in [0.15, 0.2) is 0 Å². The van der Waals surface area contributed by atoms with Gasteiger partial charge in [-0.2, -0.15) is 0 Å². The van der Waals surface area contributed by atoms with Gasteiger partial charge in [-0.1, -0.05) is 37.1 Å². The Balaban J connectivity index is 0.00000169. The minimum atomic E-state index is 0. The van der Waals surface area contributed by atoms with Crippen molar-refractivity contribution in [2.45, 2.75) is 32.7 Å². The summed E-state index contributed by atoms with van der Waals surface area (Å²) < 4.78 is 0. The SMILES string of the molecule is CCC[C@@H](N)c1ccc(Cl)c(C)c1.Cl. The summed E-state index contributed by atoms with van der Waals surface area (Å²) in [6, 6.07) is 6.15. The predicted molar refractivity (Wildman–Crippen MR) is 65.3 cm³/mol. The van der Waals surface area contributed by atoms with E-state index in [4.69, 9.17) is 17.3 Å². The molecule has 0 saturated carbocycles. The normalized spacial score (nSPS) is 12.0.